The summed E-state index contributed by atoms with van der Waals surface area (Å²) in [6.45, 7) is 3.58. The molecule has 3 aromatic rings. The van der Waals surface area contributed by atoms with E-state index in [0.29, 0.717) is 18.6 Å². The Morgan fingerprint density at radius 1 is 1.24 bits per heavy atom. The maximum Gasteiger partial charge on any atom is 0.227 e. The number of amides is 1. The second-order valence-electron chi connectivity index (χ2n) is 6.71. The molecule has 1 aliphatic heterocycles. The fourth-order valence-corrected chi connectivity index (χ4v) is 3.48. The lowest BCUT2D eigenvalue weighted by Gasteiger charge is -2.32. The number of carbonyl (C=O) groups is 1. The van der Waals surface area contributed by atoms with Gasteiger partial charge in [0.1, 0.15) is 5.52 Å². The molecule has 1 saturated heterocycles. The highest BCUT2D eigenvalue weighted by Gasteiger charge is 2.27. The number of hydrogen-bond acceptors (Lipinski definition) is 4. The third kappa shape index (κ3) is 3.24. The molecular weight excluding hydrogens is 314 g/mol. The Hall–Kier alpha value is -2.76. The van der Waals surface area contributed by atoms with Crippen molar-refractivity contribution < 1.29 is 4.79 Å². The molecule has 6 heteroatoms. The van der Waals surface area contributed by atoms with Gasteiger partial charge >= 0.3 is 0 Å². The van der Waals surface area contributed by atoms with Gasteiger partial charge in [0.05, 0.1) is 12.1 Å². The van der Waals surface area contributed by atoms with Crippen LogP contribution in [0.5, 0.6) is 0 Å². The molecule has 128 valence electrons. The Morgan fingerprint density at radius 3 is 2.88 bits per heavy atom. The van der Waals surface area contributed by atoms with Crippen molar-refractivity contribution >= 4 is 17.1 Å². The molecule has 3 heterocycles. The molecule has 0 bridgehead atoms. The summed E-state index contributed by atoms with van der Waals surface area (Å²) in [4.78, 5) is 23.3. The van der Waals surface area contributed by atoms with Crippen molar-refractivity contribution in [2.75, 3.05) is 13.1 Å². The van der Waals surface area contributed by atoms with E-state index >= 15 is 0 Å². The van der Waals surface area contributed by atoms with Crippen LogP contribution in [-0.4, -0.2) is 44.1 Å². The number of piperidine rings is 1. The first kappa shape index (κ1) is 15.7. The smallest absolute Gasteiger partial charge is 0.227 e. The molecule has 1 N–H and O–H groups in total. The molecule has 2 aromatic heterocycles. The van der Waals surface area contributed by atoms with Gasteiger partial charge in [-0.05, 0) is 25.3 Å². The highest BCUT2D eigenvalue weighted by atomic mass is 16.2. The monoisotopic (exact) mass is 335 g/mol. The van der Waals surface area contributed by atoms with E-state index in [-0.39, 0.29) is 11.8 Å². The van der Waals surface area contributed by atoms with Gasteiger partial charge in [0.2, 0.25) is 5.91 Å². The van der Waals surface area contributed by atoms with Crippen molar-refractivity contribution in [3.63, 3.8) is 0 Å². The van der Waals surface area contributed by atoms with Crippen LogP contribution in [0.4, 0.5) is 0 Å². The van der Waals surface area contributed by atoms with Gasteiger partial charge in [-0.15, -0.1) is 0 Å². The maximum atomic E-state index is 12.7. The summed E-state index contributed by atoms with van der Waals surface area (Å²) in [7, 11) is 0. The van der Waals surface area contributed by atoms with Gasteiger partial charge in [0.15, 0.2) is 5.65 Å². The van der Waals surface area contributed by atoms with Crippen LogP contribution in [0.15, 0.2) is 36.7 Å². The lowest BCUT2D eigenvalue weighted by molar-refractivity contribution is -0.131. The fraction of sp³-hybridized carbons (Fsp3) is 0.368. The van der Waals surface area contributed by atoms with E-state index in [9.17, 15) is 4.79 Å². The molecule has 1 aromatic carbocycles. The summed E-state index contributed by atoms with van der Waals surface area (Å²) >= 11 is 0. The Labute approximate surface area is 146 Å². The predicted molar refractivity (Wildman–Crippen MR) is 95.1 cm³/mol. The largest absolute Gasteiger partial charge is 0.342 e. The van der Waals surface area contributed by atoms with E-state index in [2.05, 4.69) is 39.2 Å². The van der Waals surface area contributed by atoms with Crippen LogP contribution in [0.3, 0.4) is 0 Å². The number of aryl methyl sites for hydroxylation is 1. The number of carbonyl (C=O) groups excluding carboxylic acids is 1. The topological polar surface area (TPSA) is 74.8 Å². The van der Waals surface area contributed by atoms with E-state index in [1.165, 1.54) is 5.56 Å². The summed E-state index contributed by atoms with van der Waals surface area (Å²) in [5.74, 6) is 0.417. The van der Waals surface area contributed by atoms with Crippen LogP contribution < -0.4 is 0 Å². The predicted octanol–water partition coefficient (Wildman–Crippen LogP) is 2.61. The third-order valence-corrected chi connectivity index (χ3v) is 4.87. The van der Waals surface area contributed by atoms with Crippen molar-refractivity contribution in [1.29, 1.82) is 0 Å². The van der Waals surface area contributed by atoms with Crippen molar-refractivity contribution in [2.45, 2.75) is 32.1 Å². The quantitative estimate of drug-likeness (QED) is 0.798. The molecule has 0 saturated carbocycles. The van der Waals surface area contributed by atoms with E-state index in [0.717, 1.165) is 36.2 Å². The number of fused-ring (bicyclic) bond motifs is 1. The lowest BCUT2D eigenvalue weighted by Crippen LogP contribution is -2.40. The van der Waals surface area contributed by atoms with Gasteiger partial charge in [-0.2, -0.15) is 5.10 Å². The first-order valence-electron chi connectivity index (χ1n) is 8.69. The van der Waals surface area contributed by atoms with Gasteiger partial charge in [0, 0.05) is 31.4 Å². The molecule has 0 spiro atoms. The van der Waals surface area contributed by atoms with Gasteiger partial charge in [-0.25, -0.2) is 9.97 Å². The summed E-state index contributed by atoms with van der Waals surface area (Å²) < 4.78 is 0. The minimum absolute atomic E-state index is 0.184. The number of H-pyrrole nitrogens is 1. The van der Waals surface area contributed by atoms with Gasteiger partial charge in [-0.3, -0.25) is 9.89 Å². The number of likely N-dealkylation sites (tertiary alicyclic amines) is 1. The number of aromatic nitrogens is 4. The zero-order valence-corrected chi connectivity index (χ0v) is 14.3. The number of aromatic amines is 1. The summed E-state index contributed by atoms with van der Waals surface area (Å²) in [6.07, 6.45) is 5.81. The Morgan fingerprint density at radius 2 is 2.04 bits per heavy atom. The number of benzene rings is 1. The van der Waals surface area contributed by atoms with E-state index < -0.39 is 0 Å². The van der Waals surface area contributed by atoms with Crippen LogP contribution in [0.2, 0.25) is 0 Å². The molecule has 25 heavy (non-hydrogen) atoms. The van der Waals surface area contributed by atoms with Crippen LogP contribution in [0, 0.1) is 6.92 Å². The van der Waals surface area contributed by atoms with Crippen LogP contribution in [-0.2, 0) is 11.2 Å². The molecule has 6 nitrogen and oxygen atoms in total. The zero-order chi connectivity index (χ0) is 17.2. The first-order valence-corrected chi connectivity index (χ1v) is 8.69. The van der Waals surface area contributed by atoms with E-state index in [1.807, 2.05) is 17.0 Å². The zero-order valence-electron chi connectivity index (χ0n) is 14.3. The summed E-state index contributed by atoms with van der Waals surface area (Å²) in [6, 6.07) is 8.17. The summed E-state index contributed by atoms with van der Waals surface area (Å²) in [5.41, 5.74) is 4.73. The second kappa shape index (κ2) is 6.63. The highest BCUT2D eigenvalue weighted by Crippen LogP contribution is 2.29. The van der Waals surface area contributed by atoms with Crippen molar-refractivity contribution in [3.8, 4) is 0 Å². The average molecular weight is 335 g/mol. The van der Waals surface area contributed by atoms with Crippen LogP contribution >= 0.6 is 0 Å². The molecule has 0 radical (unpaired) electrons. The van der Waals surface area contributed by atoms with Crippen LogP contribution in [0.25, 0.3) is 11.2 Å². The van der Waals surface area contributed by atoms with Gasteiger partial charge in [0.25, 0.3) is 0 Å². The van der Waals surface area contributed by atoms with Crippen molar-refractivity contribution in [3.05, 3.63) is 53.5 Å². The van der Waals surface area contributed by atoms with Gasteiger partial charge in [-0.1, -0.05) is 29.8 Å². The van der Waals surface area contributed by atoms with Gasteiger partial charge < -0.3 is 4.90 Å². The Kier molecular flexibility index (Phi) is 4.17. The number of rotatable bonds is 3. The normalized spacial score (nSPS) is 17.8. The van der Waals surface area contributed by atoms with E-state index in [1.54, 1.807) is 12.4 Å². The SMILES string of the molecule is Cc1ccc(CC(=O)N2CCC[C@H](c3[nH]nc4nccnc34)C2)cc1. The van der Waals surface area contributed by atoms with Crippen molar-refractivity contribution in [1.82, 2.24) is 25.1 Å². The Balaban J connectivity index is 1.49. The van der Waals surface area contributed by atoms with Crippen LogP contribution in [0.1, 0.15) is 35.6 Å². The maximum absolute atomic E-state index is 12.7. The molecular formula is C19H21N5O. The molecule has 1 amide bonds. The first-order chi connectivity index (χ1) is 12.2. The number of nitrogens with one attached hydrogen (secondary N) is 1. The van der Waals surface area contributed by atoms with Crippen molar-refractivity contribution in [2.24, 2.45) is 0 Å². The fourth-order valence-electron chi connectivity index (χ4n) is 3.48. The summed E-state index contributed by atoms with van der Waals surface area (Å²) in [5, 5.41) is 7.32. The molecule has 0 aliphatic carbocycles. The average Bonchev–Trinajstić information content (AvgIpc) is 3.08. The number of nitrogens with zero attached hydrogens (tertiary/aromatic N) is 4. The minimum Gasteiger partial charge on any atom is -0.342 e. The number of hydrogen-bond donors (Lipinski definition) is 1. The lowest BCUT2D eigenvalue weighted by atomic mass is 9.94. The highest BCUT2D eigenvalue weighted by molar-refractivity contribution is 5.79. The standard InChI is InChI=1S/C19H21N5O/c1-13-4-6-14(7-5-13)11-16(25)24-10-2-3-15(12-24)17-18-19(23-22-17)21-9-8-20-18/h4-9,15H,2-3,10-12H2,1H3,(H,21,22,23)/t15-/m0/s1. The minimum atomic E-state index is 0.184. The molecule has 1 aliphatic rings. The van der Waals surface area contributed by atoms with E-state index in [4.69, 9.17) is 0 Å². The molecule has 0 unspecified atom stereocenters. The molecule has 1 fully saturated rings. The Bertz CT molecular complexity index is 886. The molecule has 1 atom stereocenters. The second-order valence-corrected chi connectivity index (χ2v) is 6.71. The molecule has 4 rings (SSSR count). The third-order valence-electron chi connectivity index (χ3n) is 4.87.